The van der Waals surface area contributed by atoms with Crippen LogP contribution in [0.4, 0.5) is 15.0 Å². The zero-order chi connectivity index (χ0) is 16.1. The molecule has 4 heterocycles. The van der Waals surface area contributed by atoms with Crippen LogP contribution < -0.4 is 15.4 Å². The Kier molecular flexibility index (Phi) is 3.29. The van der Waals surface area contributed by atoms with Crippen LogP contribution in [0.3, 0.4) is 0 Å². The average Bonchev–Trinajstić information content (AvgIpc) is 2.79. The first-order valence-electron chi connectivity index (χ1n) is 7.87. The van der Waals surface area contributed by atoms with E-state index in [-0.39, 0.29) is 18.1 Å². The Hall–Kier alpha value is -2.09. The molecule has 0 saturated carbocycles. The second-order valence-electron chi connectivity index (χ2n) is 6.50. The number of rotatable bonds is 1. The molecule has 1 aromatic rings. The van der Waals surface area contributed by atoms with Crippen LogP contribution in [-0.4, -0.2) is 58.9 Å². The minimum atomic E-state index is -0.876. The summed E-state index contributed by atoms with van der Waals surface area (Å²) in [6.07, 6.45) is 1.23. The number of hydrogen-bond acceptors (Lipinski definition) is 5. The first kappa shape index (κ1) is 14.5. The monoisotopic (exact) mass is 322 g/mol. The number of carboxylic acid groups (broad SMARTS) is 1. The van der Waals surface area contributed by atoms with Gasteiger partial charge in [0.05, 0.1) is 17.6 Å². The fraction of sp³-hybridized carbons (Fsp3) is 0.600. The standard InChI is InChI=1S/C15H19FN4O3/c16-14-11-3-8(17)7-23-12(11)4-13(18-14)19-5-9-1-2-10(6-19)20(9)15(21)22/h4,8-10H,1-3,5-7,17H2,(H,21,22)/t8-,9?,10?/m1/s1. The normalized spacial score (nSPS) is 29.2. The zero-order valence-corrected chi connectivity index (χ0v) is 12.6. The molecule has 3 aliphatic rings. The summed E-state index contributed by atoms with van der Waals surface area (Å²) in [6.45, 7) is 1.44. The van der Waals surface area contributed by atoms with Crippen LogP contribution in [0.2, 0.25) is 0 Å². The van der Waals surface area contributed by atoms with Crippen LogP contribution in [0.25, 0.3) is 0 Å². The number of nitrogens with zero attached hydrogens (tertiary/aromatic N) is 3. The average molecular weight is 322 g/mol. The van der Waals surface area contributed by atoms with Gasteiger partial charge in [-0.25, -0.2) is 9.78 Å². The van der Waals surface area contributed by atoms with Gasteiger partial charge in [0.25, 0.3) is 0 Å². The summed E-state index contributed by atoms with van der Waals surface area (Å²) in [5.74, 6) is 0.474. The van der Waals surface area contributed by atoms with Gasteiger partial charge in [-0.1, -0.05) is 0 Å². The van der Waals surface area contributed by atoms with E-state index < -0.39 is 12.0 Å². The first-order valence-corrected chi connectivity index (χ1v) is 7.87. The van der Waals surface area contributed by atoms with Gasteiger partial charge >= 0.3 is 6.09 Å². The Morgan fingerprint density at radius 2 is 2.09 bits per heavy atom. The van der Waals surface area contributed by atoms with Crippen molar-refractivity contribution in [3.8, 4) is 5.75 Å². The van der Waals surface area contributed by atoms with Gasteiger partial charge in [0.2, 0.25) is 5.95 Å². The number of pyridine rings is 1. The van der Waals surface area contributed by atoms with Crippen LogP contribution in [0, 0.1) is 5.95 Å². The summed E-state index contributed by atoms with van der Waals surface area (Å²) < 4.78 is 19.8. The van der Waals surface area contributed by atoms with Gasteiger partial charge < -0.3 is 20.5 Å². The van der Waals surface area contributed by atoms with Gasteiger partial charge in [0.15, 0.2) is 0 Å². The molecule has 23 heavy (non-hydrogen) atoms. The highest BCUT2D eigenvalue weighted by molar-refractivity contribution is 5.67. The molecule has 1 amide bonds. The lowest BCUT2D eigenvalue weighted by molar-refractivity contribution is 0.114. The fourth-order valence-corrected chi connectivity index (χ4v) is 3.90. The summed E-state index contributed by atoms with van der Waals surface area (Å²) in [4.78, 5) is 18.9. The molecule has 0 aliphatic carbocycles. The first-order chi connectivity index (χ1) is 11.0. The van der Waals surface area contributed by atoms with Crippen molar-refractivity contribution in [2.24, 2.45) is 5.73 Å². The molecule has 4 rings (SSSR count). The van der Waals surface area contributed by atoms with Crippen molar-refractivity contribution in [2.75, 3.05) is 24.6 Å². The number of aromatic nitrogens is 1. The number of hydrogen-bond donors (Lipinski definition) is 2. The van der Waals surface area contributed by atoms with E-state index in [1.807, 2.05) is 4.90 Å². The van der Waals surface area contributed by atoms with E-state index in [9.17, 15) is 14.3 Å². The maximum atomic E-state index is 14.3. The van der Waals surface area contributed by atoms with Crippen LogP contribution in [0.15, 0.2) is 6.07 Å². The molecule has 2 fully saturated rings. The third-order valence-corrected chi connectivity index (χ3v) is 4.97. The Bertz CT molecular complexity index is 642. The van der Waals surface area contributed by atoms with Crippen molar-refractivity contribution >= 4 is 11.9 Å². The Morgan fingerprint density at radius 1 is 1.39 bits per heavy atom. The van der Waals surface area contributed by atoms with Gasteiger partial charge in [0.1, 0.15) is 18.2 Å². The minimum absolute atomic E-state index is 0.0542. The maximum Gasteiger partial charge on any atom is 0.407 e. The highest BCUT2D eigenvalue weighted by Crippen LogP contribution is 2.35. The Morgan fingerprint density at radius 3 is 2.74 bits per heavy atom. The van der Waals surface area contributed by atoms with Gasteiger partial charge in [0, 0.05) is 25.2 Å². The van der Waals surface area contributed by atoms with Gasteiger partial charge in [-0.2, -0.15) is 4.39 Å². The second-order valence-corrected chi connectivity index (χ2v) is 6.50. The number of amides is 1. The van der Waals surface area contributed by atoms with Crippen molar-refractivity contribution in [1.82, 2.24) is 9.88 Å². The van der Waals surface area contributed by atoms with E-state index in [0.29, 0.717) is 43.2 Å². The smallest absolute Gasteiger partial charge is 0.407 e. The number of anilines is 1. The molecule has 7 nitrogen and oxygen atoms in total. The highest BCUT2D eigenvalue weighted by Gasteiger charge is 2.43. The largest absolute Gasteiger partial charge is 0.491 e. The van der Waals surface area contributed by atoms with E-state index in [0.717, 1.165) is 12.8 Å². The van der Waals surface area contributed by atoms with Crippen molar-refractivity contribution in [3.05, 3.63) is 17.6 Å². The Labute approximate surface area is 132 Å². The van der Waals surface area contributed by atoms with E-state index in [2.05, 4.69) is 4.98 Å². The molecule has 0 spiro atoms. The molecular weight excluding hydrogens is 303 g/mol. The molecule has 0 radical (unpaired) electrons. The summed E-state index contributed by atoms with van der Waals surface area (Å²) >= 11 is 0. The molecular formula is C15H19FN4O3. The number of ether oxygens (including phenoxy) is 1. The van der Waals surface area contributed by atoms with Gasteiger partial charge in [-0.05, 0) is 19.3 Å². The summed E-state index contributed by atoms with van der Waals surface area (Å²) in [7, 11) is 0. The number of piperazine rings is 1. The van der Waals surface area contributed by atoms with Crippen molar-refractivity contribution < 1.29 is 19.0 Å². The van der Waals surface area contributed by atoms with E-state index in [1.54, 1.807) is 6.07 Å². The van der Waals surface area contributed by atoms with Crippen LogP contribution >= 0.6 is 0 Å². The van der Waals surface area contributed by atoms with Crippen molar-refractivity contribution in [2.45, 2.75) is 37.4 Å². The quantitative estimate of drug-likeness (QED) is 0.744. The lowest BCUT2D eigenvalue weighted by atomic mass is 10.0. The predicted molar refractivity (Wildman–Crippen MR) is 80.3 cm³/mol. The molecule has 2 saturated heterocycles. The zero-order valence-electron chi connectivity index (χ0n) is 12.6. The number of fused-ring (bicyclic) bond motifs is 3. The third-order valence-electron chi connectivity index (χ3n) is 4.97. The maximum absolute atomic E-state index is 14.3. The predicted octanol–water partition coefficient (Wildman–Crippen LogP) is 0.814. The number of halogens is 1. The third kappa shape index (κ3) is 2.37. The molecule has 0 aromatic carbocycles. The molecule has 2 unspecified atom stereocenters. The van der Waals surface area contributed by atoms with Gasteiger partial charge in [-0.3, -0.25) is 4.90 Å². The molecule has 8 heteroatoms. The number of carbonyl (C=O) groups is 1. The molecule has 3 aliphatic heterocycles. The highest BCUT2D eigenvalue weighted by atomic mass is 19.1. The summed E-state index contributed by atoms with van der Waals surface area (Å²) in [5, 5.41) is 9.30. The van der Waals surface area contributed by atoms with Crippen molar-refractivity contribution in [1.29, 1.82) is 0 Å². The number of nitrogens with two attached hydrogens (primary N) is 1. The van der Waals surface area contributed by atoms with E-state index >= 15 is 0 Å². The van der Waals surface area contributed by atoms with Crippen LogP contribution in [0.5, 0.6) is 5.75 Å². The van der Waals surface area contributed by atoms with Crippen LogP contribution in [0.1, 0.15) is 18.4 Å². The van der Waals surface area contributed by atoms with E-state index in [4.69, 9.17) is 10.5 Å². The molecule has 3 atom stereocenters. The SMILES string of the molecule is N[C@H]1COc2cc(N3CC4CCC(C3)N4C(=O)O)nc(F)c2C1. The minimum Gasteiger partial charge on any atom is -0.491 e. The molecule has 124 valence electrons. The molecule has 3 N–H and O–H groups in total. The van der Waals surface area contributed by atoms with E-state index in [1.165, 1.54) is 4.90 Å². The Balaban J connectivity index is 1.60. The topological polar surface area (TPSA) is 91.9 Å². The van der Waals surface area contributed by atoms with Gasteiger partial charge in [-0.15, -0.1) is 0 Å². The summed E-state index contributed by atoms with van der Waals surface area (Å²) in [6, 6.07) is 1.43. The van der Waals surface area contributed by atoms with Crippen molar-refractivity contribution in [3.63, 3.8) is 0 Å². The molecule has 1 aromatic heterocycles. The molecule has 2 bridgehead atoms. The second kappa shape index (κ2) is 5.23. The lowest BCUT2D eigenvalue weighted by Crippen LogP contribution is -2.55. The lowest BCUT2D eigenvalue weighted by Gasteiger charge is -2.40. The van der Waals surface area contributed by atoms with Crippen LogP contribution in [-0.2, 0) is 6.42 Å². The fourth-order valence-electron chi connectivity index (χ4n) is 3.90. The summed E-state index contributed by atoms with van der Waals surface area (Å²) in [5.41, 5.74) is 6.23.